The van der Waals surface area contributed by atoms with Gasteiger partial charge in [-0.1, -0.05) is 24.3 Å². The van der Waals surface area contributed by atoms with Crippen LogP contribution in [0.15, 0.2) is 42.6 Å². The Morgan fingerprint density at radius 2 is 2.00 bits per heavy atom. The second-order valence-corrected chi connectivity index (χ2v) is 4.36. The number of amides is 1. The van der Waals surface area contributed by atoms with Gasteiger partial charge >= 0.3 is 0 Å². The van der Waals surface area contributed by atoms with Crippen LogP contribution in [0.25, 0.3) is 0 Å². The molecule has 1 amide bonds. The lowest BCUT2D eigenvalue weighted by Crippen LogP contribution is -2.15. The van der Waals surface area contributed by atoms with Gasteiger partial charge in [-0.25, -0.2) is 4.98 Å². The molecular weight excluding hydrogens is 224 g/mol. The number of aromatic nitrogens is 1. The molecule has 0 atom stereocenters. The van der Waals surface area contributed by atoms with Crippen molar-refractivity contribution in [2.45, 2.75) is 20.3 Å². The molecule has 0 saturated carbocycles. The van der Waals surface area contributed by atoms with Crippen molar-refractivity contribution < 1.29 is 4.79 Å². The third-order valence-electron chi connectivity index (χ3n) is 2.87. The van der Waals surface area contributed by atoms with Gasteiger partial charge in [0.05, 0.1) is 6.42 Å². The van der Waals surface area contributed by atoms with Gasteiger partial charge < -0.3 is 5.32 Å². The highest BCUT2D eigenvalue weighted by Crippen LogP contribution is 2.11. The molecule has 0 unspecified atom stereocenters. The minimum atomic E-state index is -0.0445. The summed E-state index contributed by atoms with van der Waals surface area (Å²) >= 11 is 0. The first-order valence-electron chi connectivity index (χ1n) is 5.92. The molecule has 3 nitrogen and oxygen atoms in total. The quantitative estimate of drug-likeness (QED) is 0.896. The highest BCUT2D eigenvalue weighted by molar-refractivity contribution is 5.91. The topological polar surface area (TPSA) is 42.0 Å². The van der Waals surface area contributed by atoms with Crippen molar-refractivity contribution in [1.29, 1.82) is 0 Å². The summed E-state index contributed by atoms with van der Waals surface area (Å²) in [4.78, 5) is 15.9. The molecule has 2 aromatic rings. The predicted molar refractivity (Wildman–Crippen MR) is 72.5 cm³/mol. The molecule has 1 heterocycles. The number of hydrogen-bond acceptors (Lipinski definition) is 2. The SMILES string of the molecule is Cc1ccc(CC(=O)Nc2ccccn2)cc1C. The molecular formula is C15H16N2O. The van der Waals surface area contributed by atoms with E-state index in [2.05, 4.69) is 24.1 Å². The second kappa shape index (κ2) is 5.45. The molecule has 1 N–H and O–H groups in total. The van der Waals surface area contributed by atoms with E-state index in [1.807, 2.05) is 30.3 Å². The summed E-state index contributed by atoms with van der Waals surface area (Å²) in [7, 11) is 0. The van der Waals surface area contributed by atoms with Gasteiger partial charge in [-0.05, 0) is 42.7 Å². The Morgan fingerprint density at radius 3 is 2.67 bits per heavy atom. The Balaban J connectivity index is 2.01. The standard InChI is InChI=1S/C15H16N2O/c1-11-6-7-13(9-12(11)2)10-15(18)17-14-5-3-4-8-16-14/h3-9H,10H2,1-2H3,(H,16,17,18). The molecule has 1 aromatic carbocycles. The number of carbonyl (C=O) groups is 1. The molecule has 1 aromatic heterocycles. The molecule has 0 saturated heterocycles. The molecule has 0 radical (unpaired) electrons. The Labute approximate surface area is 107 Å². The summed E-state index contributed by atoms with van der Waals surface area (Å²) in [6, 6.07) is 11.5. The maximum Gasteiger partial charge on any atom is 0.229 e. The third-order valence-corrected chi connectivity index (χ3v) is 2.87. The van der Waals surface area contributed by atoms with E-state index in [0.29, 0.717) is 12.2 Å². The fraction of sp³-hybridized carbons (Fsp3) is 0.200. The molecule has 3 heteroatoms. The molecule has 0 aliphatic heterocycles. The van der Waals surface area contributed by atoms with Gasteiger partial charge in [-0.15, -0.1) is 0 Å². The molecule has 0 aliphatic rings. The molecule has 2 rings (SSSR count). The average molecular weight is 240 g/mol. The van der Waals surface area contributed by atoms with E-state index in [1.165, 1.54) is 11.1 Å². The van der Waals surface area contributed by atoms with Crippen molar-refractivity contribution in [2.24, 2.45) is 0 Å². The maximum atomic E-state index is 11.8. The van der Waals surface area contributed by atoms with Crippen LogP contribution in [0.5, 0.6) is 0 Å². The lowest BCUT2D eigenvalue weighted by Gasteiger charge is -2.06. The van der Waals surface area contributed by atoms with E-state index in [1.54, 1.807) is 12.3 Å². The van der Waals surface area contributed by atoms with Crippen molar-refractivity contribution >= 4 is 11.7 Å². The predicted octanol–water partition coefficient (Wildman–Crippen LogP) is 2.88. The van der Waals surface area contributed by atoms with Gasteiger partial charge in [0.15, 0.2) is 0 Å². The number of carbonyl (C=O) groups excluding carboxylic acids is 1. The Bertz CT molecular complexity index is 550. The zero-order chi connectivity index (χ0) is 13.0. The van der Waals surface area contributed by atoms with Crippen molar-refractivity contribution in [2.75, 3.05) is 5.32 Å². The van der Waals surface area contributed by atoms with Crippen LogP contribution in [-0.4, -0.2) is 10.9 Å². The van der Waals surface area contributed by atoms with Crippen LogP contribution in [0.3, 0.4) is 0 Å². The van der Waals surface area contributed by atoms with Crippen LogP contribution in [-0.2, 0) is 11.2 Å². The molecule has 92 valence electrons. The Hall–Kier alpha value is -2.16. The number of rotatable bonds is 3. The van der Waals surface area contributed by atoms with Gasteiger partial charge in [0.2, 0.25) is 5.91 Å². The Kier molecular flexibility index (Phi) is 3.72. The normalized spacial score (nSPS) is 10.1. The average Bonchev–Trinajstić information content (AvgIpc) is 2.35. The fourth-order valence-corrected chi connectivity index (χ4v) is 1.72. The number of benzene rings is 1. The largest absolute Gasteiger partial charge is 0.310 e. The number of hydrogen-bond donors (Lipinski definition) is 1. The summed E-state index contributed by atoms with van der Waals surface area (Å²) in [6.45, 7) is 4.11. The molecule has 0 fully saturated rings. The number of nitrogens with one attached hydrogen (secondary N) is 1. The van der Waals surface area contributed by atoms with Crippen LogP contribution < -0.4 is 5.32 Å². The van der Waals surface area contributed by atoms with Gasteiger partial charge in [0.1, 0.15) is 5.82 Å². The van der Waals surface area contributed by atoms with E-state index < -0.39 is 0 Å². The van der Waals surface area contributed by atoms with Gasteiger partial charge in [0, 0.05) is 6.20 Å². The second-order valence-electron chi connectivity index (χ2n) is 4.36. The first-order valence-corrected chi connectivity index (χ1v) is 5.92. The first-order chi connectivity index (χ1) is 8.65. The maximum absolute atomic E-state index is 11.8. The summed E-state index contributed by atoms with van der Waals surface area (Å²) < 4.78 is 0. The Morgan fingerprint density at radius 1 is 1.17 bits per heavy atom. The summed E-state index contributed by atoms with van der Waals surface area (Å²) in [5.41, 5.74) is 3.47. The summed E-state index contributed by atoms with van der Waals surface area (Å²) in [5, 5.41) is 2.77. The molecule has 0 aliphatic carbocycles. The zero-order valence-corrected chi connectivity index (χ0v) is 10.6. The van der Waals surface area contributed by atoms with Crippen molar-refractivity contribution in [3.63, 3.8) is 0 Å². The zero-order valence-electron chi connectivity index (χ0n) is 10.6. The minimum absolute atomic E-state index is 0.0445. The number of pyridine rings is 1. The lowest BCUT2D eigenvalue weighted by molar-refractivity contribution is -0.115. The fourth-order valence-electron chi connectivity index (χ4n) is 1.72. The van der Waals surface area contributed by atoms with Crippen molar-refractivity contribution in [1.82, 2.24) is 4.98 Å². The van der Waals surface area contributed by atoms with Crippen LogP contribution in [0, 0.1) is 13.8 Å². The number of nitrogens with zero attached hydrogens (tertiary/aromatic N) is 1. The van der Waals surface area contributed by atoms with E-state index in [9.17, 15) is 4.79 Å². The first kappa shape index (κ1) is 12.3. The van der Waals surface area contributed by atoms with Crippen LogP contribution in [0.4, 0.5) is 5.82 Å². The van der Waals surface area contributed by atoms with Gasteiger partial charge in [-0.2, -0.15) is 0 Å². The molecule has 0 spiro atoms. The summed E-state index contributed by atoms with van der Waals surface area (Å²) in [5.74, 6) is 0.545. The summed E-state index contributed by atoms with van der Waals surface area (Å²) in [6.07, 6.45) is 2.03. The number of anilines is 1. The van der Waals surface area contributed by atoms with E-state index in [-0.39, 0.29) is 5.91 Å². The number of aryl methyl sites for hydroxylation is 2. The van der Waals surface area contributed by atoms with Crippen LogP contribution in [0.1, 0.15) is 16.7 Å². The van der Waals surface area contributed by atoms with Gasteiger partial charge in [-0.3, -0.25) is 4.79 Å². The van der Waals surface area contributed by atoms with Gasteiger partial charge in [0.25, 0.3) is 0 Å². The van der Waals surface area contributed by atoms with Crippen LogP contribution in [0.2, 0.25) is 0 Å². The highest BCUT2D eigenvalue weighted by Gasteiger charge is 2.05. The minimum Gasteiger partial charge on any atom is -0.310 e. The van der Waals surface area contributed by atoms with E-state index in [0.717, 1.165) is 5.56 Å². The monoisotopic (exact) mass is 240 g/mol. The highest BCUT2D eigenvalue weighted by atomic mass is 16.1. The lowest BCUT2D eigenvalue weighted by atomic mass is 10.0. The third kappa shape index (κ3) is 3.17. The molecule has 18 heavy (non-hydrogen) atoms. The van der Waals surface area contributed by atoms with Crippen LogP contribution >= 0.6 is 0 Å². The van der Waals surface area contributed by atoms with E-state index in [4.69, 9.17) is 0 Å². The smallest absolute Gasteiger partial charge is 0.229 e. The van der Waals surface area contributed by atoms with E-state index >= 15 is 0 Å². The molecule has 0 bridgehead atoms. The van der Waals surface area contributed by atoms with Crippen molar-refractivity contribution in [3.8, 4) is 0 Å². The van der Waals surface area contributed by atoms with Crippen molar-refractivity contribution in [3.05, 3.63) is 59.3 Å².